The van der Waals surface area contributed by atoms with Crippen LogP contribution in [0.4, 0.5) is 0 Å². The number of rotatable bonds is 6. The molecule has 1 aromatic rings. The summed E-state index contributed by atoms with van der Waals surface area (Å²) in [5, 5.41) is 3.99. The predicted octanol–water partition coefficient (Wildman–Crippen LogP) is -1.46. The van der Waals surface area contributed by atoms with Crippen LogP contribution in [0.1, 0.15) is 12.8 Å². The Kier molecular flexibility index (Phi) is 5.56. The highest BCUT2D eigenvalue weighted by molar-refractivity contribution is 7.91. The molecule has 3 heterocycles. The predicted molar refractivity (Wildman–Crippen MR) is 90.8 cm³/mol. The van der Waals surface area contributed by atoms with E-state index in [4.69, 9.17) is 4.74 Å². The van der Waals surface area contributed by atoms with Gasteiger partial charge in [0.05, 0.1) is 23.6 Å². The van der Waals surface area contributed by atoms with Crippen molar-refractivity contribution in [2.75, 3.05) is 38.3 Å². The second-order valence-electron chi connectivity index (χ2n) is 6.58. The Morgan fingerprint density at radius 2 is 1.81 bits per heavy atom. The highest BCUT2D eigenvalue weighted by Gasteiger charge is 2.49. The fraction of sp³-hybridized carbons (Fsp3) is 0.733. The van der Waals surface area contributed by atoms with E-state index < -0.39 is 21.9 Å². The van der Waals surface area contributed by atoms with Gasteiger partial charge < -0.3 is 14.5 Å². The van der Waals surface area contributed by atoms with Gasteiger partial charge in [0.2, 0.25) is 11.8 Å². The molecule has 10 nitrogen and oxygen atoms in total. The van der Waals surface area contributed by atoms with E-state index in [1.165, 1.54) is 13.4 Å². The van der Waals surface area contributed by atoms with Gasteiger partial charge in [-0.3, -0.25) is 14.3 Å². The fourth-order valence-electron chi connectivity index (χ4n) is 3.66. The molecule has 0 radical (unpaired) electrons. The summed E-state index contributed by atoms with van der Waals surface area (Å²) in [5.74, 6) is -0.520. The monoisotopic (exact) mass is 385 g/mol. The molecule has 0 aromatic carbocycles. The lowest BCUT2D eigenvalue weighted by molar-refractivity contribution is -0.147. The Bertz CT molecular complexity index is 750. The van der Waals surface area contributed by atoms with Gasteiger partial charge in [-0.2, -0.15) is 5.10 Å². The van der Waals surface area contributed by atoms with Gasteiger partial charge in [0, 0.05) is 33.2 Å². The summed E-state index contributed by atoms with van der Waals surface area (Å²) in [5.41, 5.74) is 0. The molecule has 2 aliphatic rings. The van der Waals surface area contributed by atoms with Crippen LogP contribution in [0.25, 0.3) is 0 Å². The number of aryl methyl sites for hydroxylation is 1. The van der Waals surface area contributed by atoms with Crippen molar-refractivity contribution < 1.29 is 22.7 Å². The number of amides is 2. The van der Waals surface area contributed by atoms with Crippen LogP contribution in [0.5, 0.6) is 0 Å². The number of nitrogens with zero attached hydrogens (tertiary/aromatic N) is 5. The van der Waals surface area contributed by atoms with E-state index in [0.29, 0.717) is 32.5 Å². The summed E-state index contributed by atoms with van der Waals surface area (Å²) in [6.07, 6.45) is 3.92. The van der Waals surface area contributed by atoms with Crippen LogP contribution < -0.4 is 0 Å². The first kappa shape index (κ1) is 18.8. The van der Waals surface area contributed by atoms with Crippen molar-refractivity contribution in [1.29, 1.82) is 0 Å². The zero-order valence-corrected chi connectivity index (χ0v) is 15.5. The van der Waals surface area contributed by atoms with Gasteiger partial charge in [-0.25, -0.2) is 13.4 Å². The van der Waals surface area contributed by atoms with Gasteiger partial charge in [-0.1, -0.05) is 0 Å². The van der Waals surface area contributed by atoms with Crippen molar-refractivity contribution in [1.82, 2.24) is 24.6 Å². The van der Waals surface area contributed by atoms with Crippen LogP contribution in [-0.4, -0.2) is 95.2 Å². The maximum atomic E-state index is 12.6. The number of sulfone groups is 1. The van der Waals surface area contributed by atoms with Gasteiger partial charge in [0.15, 0.2) is 9.84 Å². The molecular formula is C15H23N5O5S. The number of hydrogen-bond acceptors (Lipinski definition) is 7. The minimum absolute atomic E-state index is 0.0870. The van der Waals surface area contributed by atoms with Gasteiger partial charge >= 0.3 is 0 Å². The van der Waals surface area contributed by atoms with E-state index in [2.05, 4.69) is 10.1 Å². The van der Waals surface area contributed by atoms with Gasteiger partial charge in [-0.15, -0.1) is 0 Å². The van der Waals surface area contributed by atoms with Crippen LogP contribution in [0.3, 0.4) is 0 Å². The lowest BCUT2D eigenvalue weighted by Crippen LogP contribution is -2.62. The largest absolute Gasteiger partial charge is 0.375 e. The molecule has 0 aliphatic carbocycles. The topological polar surface area (TPSA) is 115 Å². The van der Waals surface area contributed by atoms with Crippen LogP contribution in [-0.2, 0) is 30.7 Å². The molecule has 26 heavy (non-hydrogen) atoms. The summed E-state index contributed by atoms with van der Waals surface area (Å²) < 4.78 is 30.8. The summed E-state index contributed by atoms with van der Waals surface area (Å²) in [7, 11) is -1.86. The minimum atomic E-state index is -3.28. The maximum Gasteiger partial charge on any atom is 0.248 e. The Balaban J connectivity index is 1.65. The summed E-state index contributed by atoms with van der Waals surface area (Å²) >= 11 is 0. The van der Waals surface area contributed by atoms with E-state index in [1.807, 2.05) is 0 Å². The molecule has 2 amide bonds. The zero-order chi connectivity index (χ0) is 18.7. The normalized spacial score (nSPS) is 24.5. The molecule has 11 heteroatoms. The van der Waals surface area contributed by atoms with Crippen molar-refractivity contribution in [2.45, 2.75) is 31.5 Å². The average molecular weight is 385 g/mol. The Labute approximate surface area is 152 Å². The van der Waals surface area contributed by atoms with Crippen molar-refractivity contribution in [2.24, 2.45) is 0 Å². The van der Waals surface area contributed by atoms with Crippen molar-refractivity contribution >= 4 is 21.7 Å². The highest BCUT2D eigenvalue weighted by Crippen LogP contribution is 2.27. The number of ether oxygens (including phenoxy) is 1. The molecule has 0 unspecified atom stereocenters. The second-order valence-corrected chi connectivity index (χ2v) is 8.73. The zero-order valence-electron chi connectivity index (χ0n) is 14.7. The molecule has 0 N–H and O–H groups in total. The quantitative estimate of drug-likeness (QED) is 0.588. The molecule has 2 aliphatic heterocycles. The first-order valence-electron chi connectivity index (χ1n) is 8.52. The molecule has 2 fully saturated rings. The Morgan fingerprint density at radius 1 is 1.15 bits per heavy atom. The number of piperazine rings is 1. The number of fused-ring (bicyclic) bond motifs is 1. The van der Waals surface area contributed by atoms with Crippen molar-refractivity contribution in [3.63, 3.8) is 0 Å². The molecular weight excluding hydrogens is 362 g/mol. The van der Waals surface area contributed by atoms with Crippen LogP contribution >= 0.6 is 0 Å². The smallest absolute Gasteiger partial charge is 0.248 e. The highest BCUT2D eigenvalue weighted by atomic mass is 32.2. The van der Waals surface area contributed by atoms with Gasteiger partial charge in [0.1, 0.15) is 19.3 Å². The van der Waals surface area contributed by atoms with E-state index in [-0.39, 0.29) is 29.9 Å². The van der Waals surface area contributed by atoms with Crippen LogP contribution in [0.2, 0.25) is 0 Å². The summed E-state index contributed by atoms with van der Waals surface area (Å²) in [4.78, 5) is 31.9. The molecule has 2 saturated heterocycles. The van der Waals surface area contributed by atoms with Crippen LogP contribution in [0, 0.1) is 0 Å². The van der Waals surface area contributed by atoms with Crippen LogP contribution in [0.15, 0.2) is 12.7 Å². The number of methoxy groups -OCH3 is 1. The minimum Gasteiger partial charge on any atom is -0.375 e. The van der Waals surface area contributed by atoms with E-state index in [1.54, 1.807) is 20.8 Å². The second kappa shape index (κ2) is 7.70. The third-order valence-corrected chi connectivity index (χ3v) is 6.53. The lowest BCUT2D eigenvalue weighted by Gasteiger charge is -2.43. The lowest BCUT2D eigenvalue weighted by atomic mass is 10.0. The third kappa shape index (κ3) is 4.04. The molecule has 0 bridgehead atoms. The van der Waals surface area contributed by atoms with Crippen molar-refractivity contribution in [3.05, 3.63) is 12.7 Å². The Hall–Kier alpha value is -2.01. The summed E-state index contributed by atoms with van der Waals surface area (Å²) in [6.45, 7) is 1.15. The first-order chi connectivity index (χ1) is 12.4. The molecule has 0 saturated carbocycles. The molecule has 1 aromatic heterocycles. The number of carbonyl (C=O) groups excluding carboxylic acids is 2. The van der Waals surface area contributed by atoms with E-state index in [0.717, 1.165) is 0 Å². The first-order valence-corrected chi connectivity index (χ1v) is 10.3. The average Bonchev–Trinajstić information content (AvgIpc) is 3.19. The molecule has 144 valence electrons. The fourth-order valence-corrected chi connectivity index (χ4v) is 5.64. The molecule has 0 spiro atoms. The SMILES string of the molecule is COCC(=O)N1CCN(C(=O)CCCn2cncn2)[C@@H]2CS(=O)(=O)C[C@@H]21. The third-order valence-electron chi connectivity index (χ3n) is 4.83. The number of carbonyl (C=O) groups is 2. The summed E-state index contributed by atoms with van der Waals surface area (Å²) in [6, 6.07) is -0.968. The maximum absolute atomic E-state index is 12.6. The van der Waals surface area contributed by atoms with E-state index in [9.17, 15) is 18.0 Å². The number of aromatic nitrogens is 3. The van der Waals surface area contributed by atoms with Gasteiger partial charge in [-0.05, 0) is 6.42 Å². The van der Waals surface area contributed by atoms with E-state index >= 15 is 0 Å². The Morgan fingerprint density at radius 3 is 2.38 bits per heavy atom. The number of hydrogen-bond donors (Lipinski definition) is 0. The molecule has 3 rings (SSSR count). The molecule has 2 atom stereocenters. The van der Waals surface area contributed by atoms with Crippen molar-refractivity contribution in [3.8, 4) is 0 Å². The standard InChI is InChI=1S/C15H23N5O5S/c1-25-7-15(22)20-6-5-19(12-8-26(23,24)9-13(12)20)14(21)3-2-4-18-11-16-10-17-18/h10-13H,2-9H2,1H3/t12-,13+/m1/s1. The van der Waals surface area contributed by atoms with Gasteiger partial charge in [0.25, 0.3) is 0 Å².